The fourth-order valence-corrected chi connectivity index (χ4v) is 2.44. The zero-order chi connectivity index (χ0) is 16.7. The van der Waals surface area contributed by atoms with Crippen molar-refractivity contribution in [2.24, 2.45) is 0 Å². The van der Waals surface area contributed by atoms with Gasteiger partial charge in [0.25, 0.3) is 0 Å². The largest absolute Gasteiger partial charge is 0.394 e. The maximum atomic E-state index is 13.3. The molecule has 1 aromatic carbocycles. The van der Waals surface area contributed by atoms with Gasteiger partial charge in [0.05, 0.1) is 17.7 Å². The minimum Gasteiger partial charge on any atom is -0.394 e. The van der Waals surface area contributed by atoms with Gasteiger partial charge in [-0.2, -0.15) is 0 Å². The Balaban J connectivity index is 1.86. The Kier molecular flexibility index (Phi) is 6.50. The highest BCUT2D eigenvalue weighted by molar-refractivity contribution is 6.31. The molecular formula is C17H18ClFN2O2. The summed E-state index contributed by atoms with van der Waals surface area (Å²) in [6.07, 6.45) is 2.62. The predicted molar refractivity (Wildman–Crippen MR) is 86.7 cm³/mol. The van der Waals surface area contributed by atoms with Crippen molar-refractivity contribution in [3.05, 3.63) is 64.7 Å². The molecule has 0 radical (unpaired) electrons. The van der Waals surface area contributed by atoms with E-state index in [9.17, 15) is 14.3 Å². The van der Waals surface area contributed by atoms with E-state index in [1.54, 1.807) is 24.4 Å². The lowest BCUT2D eigenvalue weighted by molar-refractivity contribution is -0.122. The van der Waals surface area contributed by atoms with Crippen LogP contribution in [0.2, 0.25) is 5.02 Å². The Bertz CT molecular complexity index is 652. The van der Waals surface area contributed by atoms with Crippen LogP contribution in [0.3, 0.4) is 0 Å². The van der Waals surface area contributed by atoms with Crippen LogP contribution in [0.4, 0.5) is 4.39 Å². The van der Waals surface area contributed by atoms with E-state index in [-0.39, 0.29) is 24.0 Å². The zero-order valence-electron chi connectivity index (χ0n) is 12.5. The summed E-state index contributed by atoms with van der Waals surface area (Å²) in [7, 11) is 0. The number of pyridine rings is 1. The first kappa shape index (κ1) is 17.4. The van der Waals surface area contributed by atoms with Crippen molar-refractivity contribution in [1.82, 2.24) is 10.3 Å². The minimum absolute atomic E-state index is 0.0486. The summed E-state index contributed by atoms with van der Waals surface area (Å²) in [6, 6.07) is 9.62. The lowest BCUT2D eigenvalue weighted by Gasteiger charge is -2.16. The van der Waals surface area contributed by atoms with Crippen molar-refractivity contribution >= 4 is 17.5 Å². The second kappa shape index (κ2) is 8.60. The number of carbonyl (C=O) groups is 1. The number of benzene rings is 1. The molecule has 2 rings (SSSR count). The van der Waals surface area contributed by atoms with Crippen molar-refractivity contribution in [1.29, 1.82) is 0 Å². The van der Waals surface area contributed by atoms with Gasteiger partial charge >= 0.3 is 0 Å². The van der Waals surface area contributed by atoms with Crippen LogP contribution in [0.5, 0.6) is 0 Å². The number of rotatable bonds is 7. The van der Waals surface area contributed by atoms with Crippen LogP contribution >= 0.6 is 11.6 Å². The van der Waals surface area contributed by atoms with Gasteiger partial charge in [0, 0.05) is 24.7 Å². The second-order valence-corrected chi connectivity index (χ2v) is 5.56. The molecule has 2 aromatic rings. The Morgan fingerprint density at radius 3 is 2.83 bits per heavy atom. The van der Waals surface area contributed by atoms with Gasteiger partial charge in [0.2, 0.25) is 5.91 Å². The number of amides is 1. The summed E-state index contributed by atoms with van der Waals surface area (Å²) < 4.78 is 13.3. The summed E-state index contributed by atoms with van der Waals surface area (Å²) >= 11 is 5.86. The third kappa shape index (κ3) is 5.30. The number of hydrogen-bond acceptors (Lipinski definition) is 3. The van der Waals surface area contributed by atoms with Crippen molar-refractivity contribution in [3.63, 3.8) is 0 Å². The van der Waals surface area contributed by atoms with Gasteiger partial charge in [-0.25, -0.2) is 4.39 Å². The molecule has 23 heavy (non-hydrogen) atoms. The van der Waals surface area contributed by atoms with Crippen LogP contribution in [0, 0.1) is 5.82 Å². The molecule has 0 spiro atoms. The summed E-state index contributed by atoms with van der Waals surface area (Å²) in [4.78, 5) is 16.2. The van der Waals surface area contributed by atoms with Crippen molar-refractivity contribution in [2.75, 3.05) is 6.61 Å². The number of nitrogens with zero attached hydrogens (tertiary/aromatic N) is 1. The standard InChI is InChI=1S/C17H18ClFN2O2/c18-17-12(4-3-6-15(17)19)7-8-16(23)21-14(11-22)10-13-5-1-2-9-20-13/h1-6,9,14,22H,7-8,10-11H2,(H,21,23). The van der Waals surface area contributed by atoms with Gasteiger partial charge in [-0.1, -0.05) is 29.8 Å². The number of aliphatic hydroxyl groups is 1. The van der Waals surface area contributed by atoms with Crippen LogP contribution in [0.1, 0.15) is 17.7 Å². The molecule has 1 heterocycles. The van der Waals surface area contributed by atoms with Crippen molar-refractivity contribution in [3.8, 4) is 0 Å². The number of aromatic nitrogens is 1. The molecule has 0 bridgehead atoms. The zero-order valence-corrected chi connectivity index (χ0v) is 13.3. The maximum Gasteiger partial charge on any atom is 0.220 e. The van der Waals surface area contributed by atoms with E-state index in [0.717, 1.165) is 5.69 Å². The molecular weight excluding hydrogens is 319 g/mol. The van der Waals surface area contributed by atoms with Gasteiger partial charge in [0.15, 0.2) is 0 Å². The third-order valence-corrected chi connectivity index (χ3v) is 3.84. The number of nitrogens with one attached hydrogen (secondary N) is 1. The highest BCUT2D eigenvalue weighted by Gasteiger charge is 2.14. The maximum absolute atomic E-state index is 13.3. The second-order valence-electron chi connectivity index (χ2n) is 5.19. The molecule has 1 amide bonds. The van der Waals surface area contributed by atoms with Crippen LogP contribution < -0.4 is 5.32 Å². The topological polar surface area (TPSA) is 62.2 Å². The highest BCUT2D eigenvalue weighted by atomic mass is 35.5. The molecule has 1 atom stereocenters. The third-order valence-electron chi connectivity index (χ3n) is 3.42. The Labute approximate surface area is 139 Å². The van der Waals surface area contributed by atoms with Crippen LogP contribution in [-0.4, -0.2) is 28.6 Å². The number of aliphatic hydroxyl groups excluding tert-OH is 1. The SMILES string of the molecule is O=C(CCc1cccc(F)c1Cl)NC(CO)Cc1ccccn1. The molecule has 0 saturated carbocycles. The van der Waals surface area contributed by atoms with E-state index in [1.165, 1.54) is 6.07 Å². The molecule has 4 nitrogen and oxygen atoms in total. The Morgan fingerprint density at radius 1 is 1.30 bits per heavy atom. The van der Waals surface area contributed by atoms with E-state index < -0.39 is 11.9 Å². The Morgan fingerprint density at radius 2 is 2.13 bits per heavy atom. The smallest absolute Gasteiger partial charge is 0.220 e. The van der Waals surface area contributed by atoms with Crippen LogP contribution in [0.15, 0.2) is 42.6 Å². The molecule has 0 aliphatic heterocycles. The van der Waals surface area contributed by atoms with E-state index in [4.69, 9.17) is 11.6 Å². The highest BCUT2D eigenvalue weighted by Crippen LogP contribution is 2.20. The lowest BCUT2D eigenvalue weighted by Crippen LogP contribution is -2.39. The summed E-state index contributed by atoms with van der Waals surface area (Å²) in [6.45, 7) is -0.178. The van der Waals surface area contributed by atoms with Gasteiger partial charge in [-0.3, -0.25) is 9.78 Å². The average molecular weight is 337 g/mol. The fraction of sp³-hybridized carbons (Fsp3) is 0.294. The predicted octanol–water partition coefficient (Wildman–Crippen LogP) is 2.53. The lowest BCUT2D eigenvalue weighted by atomic mass is 10.1. The molecule has 0 saturated heterocycles. The summed E-state index contributed by atoms with van der Waals surface area (Å²) in [5.41, 5.74) is 1.38. The summed E-state index contributed by atoms with van der Waals surface area (Å²) in [5, 5.41) is 12.2. The van der Waals surface area contributed by atoms with Gasteiger partial charge in [-0.05, 0) is 30.2 Å². The molecule has 122 valence electrons. The average Bonchev–Trinajstić information content (AvgIpc) is 2.56. The number of halogens is 2. The normalized spacial score (nSPS) is 12.0. The van der Waals surface area contributed by atoms with E-state index >= 15 is 0 Å². The monoisotopic (exact) mass is 336 g/mol. The first-order valence-corrected chi connectivity index (χ1v) is 7.71. The molecule has 0 aliphatic rings. The van der Waals surface area contributed by atoms with Gasteiger partial charge < -0.3 is 10.4 Å². The van der Waals surface area contributed by atoms with Crippen molar-refractivity contribution in [2.45, 2.75) is 25.3 Å². The molecule has 2 N–H and O–H groups in total. The first-order valence-electron chi connectivity index (χ1n) is 7.33. The van der Waals surface area contributed by atoms with Gasteiger partial charge in [0.1, 0.15) is 5.82 Å². The van der Waals surface area contributed by atoms with Crippen LogP contribution in [0.25, 0.3) is 0 Å². The fourth-order valence-electron chi connectivity index (χ4n) is 2.22. The number of hydrogen-bond donors (Lipinski definition) is 2. The molecule has 1 unspecified atom stereocenters. The van der Waals surface area contributed by atoms with Crippen LogP contribution in [-0.2, 0) is 17.6 Å². The summed E-state index contributed by atoms with van der Waals surface area (Å²) in [5.74, 6) is -0.715. The Hall–Kier alpha value is -1.98. The van der Waals surface area contributed by atoms with Gasteiger partial charge in [-0.15, -0.1) is 0 Å². The number of carbonyl (C=O) groups excluding carboxylic acids is 1. The van der Waals surface area contributed by atoms with E-state index in [2.05, 4.69) is 10.3 Å². The van der Waals surface area contributed by atoms with E-state index in [0.29, 0.717) is 18.4 Å². The first-order chi connectivity index (χ1) is 11.1. The molecule has 6 heteroatoms. The molecule has 0 fully saturated rings. The molecule has 0 aliphatic carbocycles. The minimum atomic E-state index is -0.493. The van der Waals surface area contributed by atoms with E-state index in [1.807, 2.05) is 12.1 Å². The molecule has 1 aromatic heterocycles. The van der Waals surface area contributed by atoms with Crippen molar-refractivity contribution < 1.29 is 14.3 Å². The quantitative estimate of drug-likeness (QED) is 0.816. The number of aryl methyl sites for hydroxylation is 1.